The molecule has 0 bridgehead atoms. The highest BCUT2D eigenvalue weighted by molar-refractivity contribution is 5.98. The lowest BCUT2D eigenvalue weighted by atomic mass is 9.89. The van der Waals surface area contributed by atoms with E-state index in [1.165, 1.54) is 4.90 Å². The number of ether oxygens (including phenoxy) is 1. The van der Waals surface area contributed by atoms with Crippen LogP contribution >= 0.6 is 0 Å². The van der Waals surface area contributed by atoms with Crippen molar-refractivity contribution in [3.8, 4) is 0 Å². The molecule has 2 aromatic rings. The van der Waals surface area contributed by atoms with Gasteiger partial charge in [0, 0.05) is 37.4 Å². The van der Waals surface area contributed by atoms with E-state index in [1.807, 2.05) is 48.5 Å². The number of Topliss-reactive ketones (excluding diaryl/α,β-unsaturated/α-hetero) is 1. The minimum Gasteiger partial charge on any atom is -0.378 e. The van der Waals surface area contributed by atoms with Gasteiger partial charge < -0.3 is 19.9 Å². The average Bonchev–Trinajstić information content (AvgIpc) is 2.80. The van der Waals surface area contributed by atoms with Crippen LogP contribution in [-0.4, -0.2) is 57.6 Å². The molecule has 2 fully saturated rings. The first-order valence-corrected chi connectivity index (χ1v) is 10.8. The van der Waals surface area contributed by atoms with Gasteiger partial charge in [0.2, 0.25) is 0 Å². The summed E-state index contributed by atoms with van der Waals surface area (Å²) in [4.78, 5) is 28.9. The fraction of sp³-hybridized carbons (Fsp3) is 0.417. The van der Waals surface area contributed by atoms with E-state index in [9.17, 15) is 9.59 Å². The zero-order chi connectivity index (χ0) is 20.8. The number of quaternary nitrogens is 1. The third-order valence-corrected chi connectivity index (χ3v) is 6.06. The van der Waals surface area contributed by atoms with E-state index in [2.05, 4.69) is 16.3 Å². The monoisotopic (exact) mass is 408 g/mol. The molecule has 0 unspecified atom stereocenters. The molecule has 2 N–H and O–H groups in total. The Hall–Kier alpha value is -2.70. The molecule has 158 valence electrons. The number of amides is 1. The number of piperidine rings is 1. The summed E-state index contributed by atoms with van der Waals surface area (Å²) in [7, 11) is 0. The van der Waals surface area contributed by atoms with Crippen molar-refractivity contribution < 1.29 is 19.2 Å². The molecule has 2 aromatic carbocycles. The van der Waals surface area contributed by atoms with Crippen LogP contribution in [0.5, 0.6) is 0 Å². The summed E-state index contributed by atoms with van der Waals surface area (Å²) in [5.74, 6) is 0.332. The van der Waals surface area contributed by atoms with Crippen LogP contribution in [0.3, 0.4) is 0 Å². The number of hydrogen-bond acceptors (Lipinski definition) is 4. The van der Waals surface area contributed by atoms with Gasteiger partial charge in [-0.1, -0.05) is 42.5 Å². The van der Waals surface area contributed by atoms with Crippen molar-refractivity contribution in [3.05, 3.63) is 60.2 Å². The number of benzene rings is 2. The molecule has 0 radical (unpaired) electrons. The van der Waals surface area contributed by atoms with E-state index in [1.54, 1.807) is 0 Å². The summed E-state index contributed by atoms with van der Waals surface area (Å²) in [5, 5.41) is 3.11. The number of nitrogens with one attached hydrogen (secondary N) is 2. The van der Waals surface area contributed by atoms with Crippen molar-refractivity contribution in [1.82, 2.24) is 0 Å². The molecule has 0 spiro atoms. The number of rotatable bonds is 6. The molecular formula is C24H30N3O3+. The molecule has 6 heteroatoms. The Morgan fingerprint density at radius 1 is 0.967 bits per heavy atom. The molecule has 30 heavy (non-hydrogen) atoms. The van der Waals surface area contributed by atoms with Crippen LogP contribution in [0.4, 0.5) is 11.4 Å². The van der Waals surface area contributed by atoms with Crippen LogP contribution in [0.15, 0.2) is 54.6 Å². The van der Waals surface area contributed by atoms with E-state index in [-0.39, 0.29) is 17.6 Å². The Balaban J connectivity index is 1.29. The number of anilines is 2. The molecule has 2 aliphatic rings. The molecule has 2 saturated heterocycles. The molecule has 4 rings (SSSR count). The van der Waals surface area contributed by atoms with E-state index in [0.717, 1.165) is 56.0 Å². The number of nitrogens with zero attached hydrogens (tertiary/aromatic N) is 1. The van der Waals surface area contributed by atoms with Gasteiger partial charge in [0.1, 0.15) is 0 Å². The molecule has 0 atom stereocenters. The van der Waals surface area contributed by atoms with Crippen LogP contribution in [0.2, 0.25) is 0 Å². The fourth-order valence-electron chi connectivity index (χ4n) is 4.38. The summed E-state index contributed by atoms with van der Waals surface area (Å²) in [6.45, 7) is 5.22. The van der Waals surface area contributed by atoms with Crippen LogP contribution in [0.1, 0.15) is 23.2 Å². The maximum Gasteiger partial charge on any atom is 0.279 e. The number of carbonyl (C=O) groups is 2. The van der Waals surface area contributed by atoms with Gasteiger partial charge in [-0.05, 0) is 12.1 Å². The number of likely N-dealkylation sites (tertiary alicyclic amines) is 1. The molecule has 0 aliphatic carbocycles. The Bertz CT molecular complexity index is 857. The predicted molar refractivity (Wildman–Crippen MR) is 117 cm³/mol. The van der Waals surface area contributed by atoms with Crippen molar-refractivity contribution in [2.75, 3.05) is 56.2 Å². The average molecular weight is 409 g/mol. The smallest absolute Gasteiger partial charge is 0.279 e. The van der Waals surface area contributed by atoms with Gasteiger partial charge in [-0.15, -0.1) is 0 Å². The molecular weight excluding hydrogens is 378 g/mol. The van der Waals surface area contributed by atoms with Crippen LogP contribution in [0, 0.1) is 5.92 Å². The number of para-hydroxylation sites is 2. The second kappa shape index (κ2) is 9.87. The highest BCUT2D eigenvalue weighted by atomic mass is 16.5. The Labute approximate surface area is 177 Å². The van der Waals surface area contributed by atoms with Crippen molar-refractivity contribution in [3.63, 3.8) is 0 Å². The Kier molecular flexibility index (Phi) is 6.77. The molecule has 2 aliphatic heterocycles. The van der Waals surface area contributed by atoms with E-state index < -0.39 is 0 Å². The molecule has 0 saturated carbocycles. The van der Waals surface area contributed by atoms with E-state index in [0.29, 0.717) is 19.8 Å². The zero-order valence-electron chi connectivity index (χ0n) is 17.3. The second-order valence-corrected chi connectivity index (χ2v) is 8.10. The minimum atomic E-state index is 0.0264. The van der Waals surface area contributed by atoms with Gasteiger partial charge in [-0.3, -0.25) is 9.59 Å². The summed E-state index contributed by atoms with van der Waals surface area (Å²) in [6.07, 6.45) is 1.67. The first kappa shape index (κ1) is 20.6. The summed E-state index contributed by atoms with van der Waals surface area (Å²) in [5.41, 5.74) is 2.71. The van der Waals surface area contributed by atoms with Crippen molar-refractivity contribution in [2.45, 2.75) is 12.8 Å². The highest BCUT2D eigenvalue weighted by Crippen LogP contribution is 2.26. The maximum absolute atomic E-state index is 12.7. The maximum atomic E-state index is 12.7. The zero-order valence-corrected chi connectivity index (χ0v) is 17.3. The molecule has 6 nitrogen and oxygen atoms in total. The van der Waals surface area contributed by atoms with Gasteiger partial charge in [0.05, 0.1) is 37.7 Å². The molecule has 2 heterocycles. The van der Waals surface area contributed by atoms with E-state index >= 15 is 0 Å². The number of hydrogen-bond donors (Lipinski definition) is 2. The first-order valence-electron chi connectivity index (χ1n) is 10.8. The van der Waals surface area contributed by atoms with Gasteiger partial charge in [0.25, 0.3) is 5.91 Å². The quantitative estimate of drug-likeness (QED) is 0.714. The fourth-order valence-corrected chi connectivity index (χ4v) is 4.38. The first-order chi connectivity index (χ1) is 14.7. The predicted octanol–water partition coefficient (Wildman–Crippen LogP) is 1.64. The SMILES string of the molecule is O=C(C[NH+]1CCC(C(=O)c2ccccc2)CC1)Nc1ccccc1N1CCOCC1. The minimum absolute atomic E-state index is 0.0264. The van der Waals surface area contributed by atoms with Gasteiger partial charge >= 0.3 is 0 Å². The standard InChI is InChI=1S/C24H29N3O3/c28-23(25-21-8-4-5-9-22(21)27-14-16-30-17-15-27)18-26-12-10-20(11-13-26)24(29)19-6-2-1-3-7-19/h1-9,20H,10-18H2,(H,25,28)/p+1. The van der Waals surface area contributed by atoms with Crippen LogP contribution in [0.25, 0.3) is 0 Å². The molecule has 0 aromatic heterocycles. The topological polar surface area (TPSA) is 63.1 Å². The lowest BCUT2D eigenvalue weighted by Gasteiger charge is -2.31. The van der Waals surface area contributed by atoms with Crippen LogP contribution in [-0.2, 0) is 9.53 Å². The third kappa shape index (κ3) is 5.07. The summed E-state index contributed by atoms with van der Waals surface area (Å²) >= 11 is 0. The second-order valence-electron chi connectivity index (χ2n) is 8.10. The van der Waals surface area contributed by atoms with Crippen molar-refractivity contribution >= 4 is 23.1 Å². The lowest BCUT2D eigenvalue weighted by Crippen LogP contribution is -3.14. The van der Waals surface area contributed by atoms with Crippen LogP contribution < -0.4 is 15.1 Å². The van der Waals surface area contributed by atoms with Gasteiger partial charge in [0.15, 0.2) is 12.3 Å². The van der Waals surface area contributed by atoms with E-state index in [4.69, 9.17) is 4.74 Å². The summed E-state index contributed by atoms with van der Waals surface area (Å²) in [6, 6.07) is 17.5. The summed E-state index contributed by atoms with van der Waals surface area (Å²) < 4.78 is 5.44. The number of ketones is 1. The normalized spacial score (nSPS) is 21.8. The number of carbonyl (C=O) groups excluding carboxylic acids is 2. The van der Waals surface area contributed by atoms with Crippen molar-refractivity contribution in [2.24, 2.45) is 5.92 Å². The van der Waals surface area contributed by atoms with Gasteiger partial charge in [-0.25, -0.2) is 0 Å². The molecule has 1 amide bonds. The lowest BCUT2D eigenvalue weighted by molar-refractivity contribution is -0.897. The largest absolute Gasteiger partial charge is 0.378 e. The Morgan fingerprint density at radius 3 is 2.37 bits per heavy atom. The third-order valence-electron chi connectivity index (χ3n) is 6.06. The number of morpholine rings is 1. The van der Waals surface area contributed by atoms with Crippen molar-refractivity contribution in [1.29, 1.82) is 0 Å². The Morgan fingerprint density at radius 2 is 1.63 bits per heavy atom. The van der Waals surface area contributed by atoms with Gasteiger partial charge in [-0.2, -0.15) is 0 Å². The highest BCUT2D eigenvalue weighted by Gasteiger charge is 2.29.